The van der Waals surface area contributed by atoms with Gasteiger partial charge in [0.05, 0.1) is 11.4 Å². The number of imidazole rings is 1. The number of carbonyl (C=O) groups excluding carboxylic acids is 1. The molecule has 5 aromatic rings. The van der Waals surface area contributed by atoms with E-state index in [1.165, 1.54) is 0 Å². The summed E-state index contributed by atoms with van der Waals surface area (Å²) in [5.74, 6) is 0.361. The Morgan fingerprint density at radius 2 is 1.87 bits per heavy atom. The molecule has 0 spiro atoms. The molecule has 0 saturated heterocycles. The van der Waals surface area contributed by atoms with Crippen molar-refractivity contribution in [2.24, 2.45) is 0 Å². The summed E-state index contributed by atoms with van der Waals surface area (Å²) < 4.78 is 1.86. The van der Waals surface area contributed by atoms with Crippen molar-refractivity contribution in [1.82, 2.24) is 24.6 Å². The van der Waals surface area contributed by atoms with Crippen LogP contribution in [0.5, 0.6) is 0 Å². The molecule has 8 heteroatoms. The van der Waals surface area contributed by atoms with E-state index in [-0.39, 0.29) is 5.91 Å². The van der Waals surface area contributed by atoms with Crippen molar-refractivity contribution in [3.63, 3.8) is 0 Å². The largest absolute Gasteiger partial charge is 0.321 e. The molecule has 7 nitrogen and oxygen atoms in total. The fraction of sp³-hybridized carbons (Fsp3) is 0. The highest BCUT2D eigenvalue weighted by Crippen LogP contribution is 2.23. The summed E-state index contributed by atoms with van der Waals surface area (Å²) in [5, 5.41) is 10.5. The van der Waals surface area contributed by atoms with Crippen molar-refractivity contribution in [3.8, 4) is 22.5 Å². The van der Waals surface area contributed by atoms with Crippen molar-refractivity contribution >= 4 is 29.0 Å². The van der Waals surface area contributed by atoms with E-state index in [2.05, 4.69) is 25.5 Å². The van der Waals surface area contributed by atoms with Gasteiger partial charge in [-0.2, -0.15) is 5.10 Å². The van der Waals surface area contributed by atoms with Crippen molar-refractivity contribution in [2.45, 2.75) is 0 Å². The number of carbonyl (C=O) groups is 1. The Balaban J connectivity index is 1.32. The number of halogens is 1. The van der Waals surface area contributed by atoms with Crippen molar-refractivity contribution in [3.05, 3.63) is 90.0 Å². The fourth-order valence-corrected chi connectivity index (χ4v) is 3.32. The van der Waals surface area contributed by atoms with E-state index in [4.69, 9.17) is 11.6 Å². The average molecular weight is 415 g/mol. The predicted octanol–water partition coefficient (Wildman–Crippen LogP) is 4.69. The van der Waals surface area contributed by atoms with Crippen LogP contribution >= 0.6 is 11.6 Å². The van der Waals surface area contributed by atoms with Gasteiger partial charge in [0.1, 0.15) is 5.69 Å². The van der Waals surface area contributed by atoms with E-state index in [9.17, 15) is 4.79 Å². The van der Waals surface area contributed by atoms with Gasteiger partial charge in [0.2, 0.25) is 5.78 Å². The monoisotopic (exact) mass is 414 g/mol. The van der Waals surface area contributed by atoms with Gasteiger partial charge in [-0.15, -0.1) is 0 Å². The molecule has 3 heterocycles. The molecule has 0 aliphatic heterocycles. The number of hydrogen-bond donors (Lipinski definition) is 2. The second-order valence-corrected chi connectivity index (χ2v) is 7.10. The first-order valence-corrected chi connectivity index (χ1v) is 9.56. The molecule has 0 unspecified atom stereocenters. The molecule has 0 aliphatic rings. The number of fused-ring (bicyclic) bond motifs is 1. The van der Waals surface area contributed by atoms with Crippen LogP contribution < -0.4 is 5.32 Å². The van der Waals surface area contributed by atoms with Crippen LogP contribution in [0, 0.1) is 0 Å². The van der Waals surface area contributed by atoms with Gasteiger partial charge >= 0.3 is 0 Å². The number of aromatic nitrogens is 5. The highest BCUT2D eigenvalue weighted by Gasteiger charge is 2.12. The van der Waals surface area contributed by atoms with Crippen molar-refractivity contribution < 1.29 is 4.79 Å². The number of hydrogen-bond acceptors (Lipinski definition) is 4. The molecular weight excluding hydrogens is 400 g/mol. The Morgan fingerprint density at radius 1 is 1.00 bits per heavy atom. The van der Waals surface area contributed by atoms with Crippen LogP contribution in [-0.2, 0) is 0 Å². The summed E-state index contributed by atoms with van der Waals surface area (Å²) >= 11 is 6.02. The van der Waals surface area contributed by atoms with Crippen LogP contribution in [-0.4, -0.2) is 30.5 Å². The molecule has 0 saturated carbocycles. The minimum atomic E-state index is -0.277. The molecule has 3 aromatic heterocycles. The summed E-state index contributed by atoms with van der Waals surface area (Å²) in [7, 11) is 0. The maximum atomic E-state index is 12.6. The number of amides is 1. The molecule has 146 valence electrons. The average Bonchev–Trinajstić information content (AvgIpc) is 3.42. The van der Waals surface area contributed by atoms with Gasteiger partial charge in [0, 0.05) is 40.4 Å². The van der Waals surface area contributed by atoms with E-state index >= 15 is 0 Å². The second kappa shape index (κ2) is 7.46. The summed E-state index contributed by atoms with van der Waals surface area (Å²) in [6.07, 6.45) is 5.52. The minimum absolute atomic E-state index is 0.277. The topological polar surface area (TPSA) is 88.0 Å². The second-order valence-electron chi connectivity index (χ2n) is 6.66. The minimum Gasteiger partial charge on any atom is -0.321 e. The third kappa shape index (κ3) is 3.54. The highest BCUT2D eigenvalue weighted by molar-refractivity contribution is 6.30. The summed E-state index contributed by atoms with van der Waals surface area (Å²) in [6, 6.07) is 18.3. The van der Waals surface area contributed by atoms with Gasteiger partial charge in [0.25, 0.3) is 5.91 Å². The molecule has 0 fully saturated rings. The molecule has 0 bridgehead atoms. The number of benzene rings is 2. The zero-order valence-corrected chi connectivity index (χ0v) is 16.3. The first-order valence-electron chi connectivity index (χ1n) is 9.18. The first kappa shape index (κ1) is 18.1. The first-order chi connectivity index (χ1) is 14.7. The third-order valence-electron chi connectivity index (χ3n) is 4.62. The normalized spacial score (nSPS) is 11.0. The lowest BCUT2D eigenvalue weighted by Crippen LogP contribution is -2.12. The lowest BCUT2D eigenvalue weighted by Gasteiger charge is -2.04. The van der Waals surface area contributed by atoms with Crippen molar-refractivity contribution in [1.29, 1.82) is 0 Å². The lowest BCUT2D eigenvalue weighted by molar-refractivity contribution is 0.102. The lowest BCUT2D eigenvalue weighted by atomic mass is 10.1. The number of nitrogens with zero attached hydrogens (tertiary/aromatic N) is 4. The van der Waals surface area contributed by atoms with Gasteiger partial charge in [-0.25, -0.2) is 9.97 Å². The Hall–Kier alpha value is -3.97. The summed E-state index contributed by atoms with van der Waals surface area (Å²) in [6.45, 7) is 0. The van der Waals surface area contributed by atoms with Gasteiger partial charge in [-0.05, 0) is 36.4 Å². The number of H-pyrrole nitrogens is 1. The number of aromatic amines is 1. The number of rotatable bonds is 4. The van der Waals surface area contributed by atoms with Crippen LogP contribution in [0.1, 0.15) is 10.5 Å². The van der Waals surface area contributed by atoms with Crippen LogP contribution in [0.3, 0.4) is 0 Å². The van der Waals surface area contributed by atoms with Crippen LogP contribution in [0.2, 0.25) is 5.02 Å². The van der Waals surface area contributed by atoms with E-state index in [0.717, 1.165) is 16.8 Å². The summed E-state index contributed by atoms with van der Waals surface area (Å²) in [5.41, 5.74) is 4.27. The Morgan fingerprint density at radius 3 is 2.67 bits per heavy atom. The molecule has 0 atom stereocenters. The maximum Gasteiger partial charge on any atom is 0.273 e. The molecule has 2 N–H and O–H groups in total. The molecule has 1 amide bonds. The Labute approximate surface area is 176 Å². The van der Waals surface area contributed by atoms with Crippen molar-refractivity contribution in [2.75, 3.05) is 5.32 Å². The highest BCUT2D eigenvalue weighted by atomic mass is 35.5. The van der Waals surface area contributed by atoms with E-state index in [1.807, 2.05) is 59.3 Å². The van der Waals surface area contributed by atoms with Gasteiger partial charge < -0.3 is 5.32 Å². The van der Waals surface area contributed by atoms with E-state index in [1.54, 1.807) is 24.4 Å². The standard InChI is InChI=1S/C22H15ClN6O/c23-16-4-1-3-15(11-16)18-12-19(28-27-18)21(30)25-17-7-5-14(6-8-17)20-13-29-10-2-9-24-22(29)26-20/h1-13H,(H,25,30)(H,27,28). The Bertz CT molecular complexity index is 1320. The quantitative estimate of drug-likeness (QED) is 0.446. The van der Waals surface area contributed by atoms with E-state index in [0.29, 0.717) is 27.9 Å². The number of anilines is 1. The SMILES string of the molecule is O=C(Nc1ccc(-c2cn3cccnc3n2)cc1)c1cc(-c2cccc(Cl)c2)n[nH]1. The number of nitrogens with one attached hydrogen (secondary N) is 2. The molecule has 5 rings (SSSR count). The molecular formula is C22H15ClN6O. The zero-order chi connectivity index (χ0) is 20.5. The maximum absolute atomic E-state index is 12.6. The molecule has 2 aromatic carbocycles. The smallest absolute Gasteiger partial charge is 0.273 e. The zero-order valence-electron chi connectivity index (χ0n) is 15.6. The Kier molecular flexibility index (Phi) is 4.49. The third-order valence-corrected chi connectivity index (χ3v) is 4.85. The fourth-order valence-electron chi connectivity index (χ4n) is 3.13. The van der Waals surface area contributed by atoms with Gasteiger partial charge in [0.15, 0.2) is 0 Å². The summed E-state index contributed by atoms with van der Waals surface area (Å²) in [4.78, 5) is 21.3. The van der Waals surface area contributed by atoms with Crippen LogP contribution in [0.15, 0.2) is 79.3 Å². The molecule has 0 aliphatic carbocycles. The van der Waals surface area contributed by atoms with Gasteiger partial charge in [-0.1, -0.05) is 35.9 Å². The van der Waals surface area contributed by atoms with Gasteiger partial charge in [-0.3, -0.25) is 14.3 Å². The van der Waals surface area contributed by atoms with Crippen LogP contribution in [0.25, 0.3) is 28.3 Å². The predicted molar refractivity (Wildman–Crippen MR) is 115 cm³/mol. The van der Waals surface area contributed by atoms with E-state index < -0.39 is 0 Å². The molecule has 0 radical (unpaired) electrons. The van der Waals surface area contributed by atoms with Crippen LogP contribution in [0.4, 0.5) is 5.69 Å². The molecule has 30 heavy (non-hydrogen) atoms.